The van der Waals surface area contributed by atoms with Crippen molar-refractivity contribution in [3.8, 4) is 0 Å². The molecule has 3 atom stereocenters. The molecule has 0 aliphatic carbocycles. The van der Waals surface area contributed by atoms with Gasteiger partial charge in [-0.05, 0) is 31.9 Å². The molecule has 3 N–H and O–H groups in total. The first-order valence-corrected chi connectivity index (χ1v) is 10.4. The average Bonchev–Trinajstić information content (AvgIpc) is 2.72. The van der Waals surface area contributed by atoms with Gasteiger partial charge >= 0.3 is 0 Å². The second-order valence-electron chi connectivity index (χ2n) is 7.78. The van der Waals surface area contributed by atoms with Gasteiger partial charge in [0.25, 0.3) is 10.9 Å². The number of hydrogen-bond donors (Lipinski definition) is 3. The van der Waals surface area contributed by atoms with Gasteiger partial charge in [-0.3, -0.25) is 14.3 Å². The summed E-state index contributed by atoms with van der Waals surface area (Å²) in [6.45, 7) is 5.29. The zero-order chi connectivity index (χ0) is 21.2. The number of nitrogens with one attached hydrogen (secondary N) is 2. The van der Waals surface area contributed by atoms with Crippen LogP contribution in [0.5, 0.6) is 0 Å². The highest BCUT2D eigenvalue weighted by Gasteiger charge is 2.31. The number of hydrogen-bond acceptors (Lipinski definition) is 5. The molecular weight excluding hydrogens is 388 g/mol. The molecule has 0 unspecified atom stereocenters. The molecule has 3 aromatic carbocycles. The monoisotopic (exact) mass is 412 g/mol. The Hall–Kier alpha value is -2.77. The third-order valence-electron chi connectivity index (χ3n) is 4.58. The van der Waals surface area contributed by atoms with Crippen LogP contribution in [0, 0.1) is 0 Å². The summed E-state index contributed by atoms with van der Waals surface area (Å²) in [4.78, 5) is 24.3. The second-order valence-corrected chi connectivity index (χ2v) is 9.75. The number of benzene rings is 2. The number of aliphatic hydroxyl groups excluding tert-OH is 1. The Balaban J connectivity index is 1.96. The minimum atomic E-state index is -1.56. The fourth-order valence-electron chi connectivity index (χ4n) is 2.88. The molecule has 3 aromatic rings. The van der Waals surface area contributed by atoms with Crippen molar-refractivity contribution in [2.24, 2.45) is 0 Å². The Morgan fingerprint density at radius 1 is 0.828 bits per heavy atom. The van der Waals surface area contributed by atoms with E-state index in [0.29, 0.717) is 5.56 Å². The van der Waals surface area contributed by atoms with E-state index in [1.54, 1.807) is 32.9 Å². The molecular formula is C22H24N2O4S. The van der Waals surface area contributed by atoms with Gasteiger partial charge in [-0.15, -0.1) is 0 Å². The van der Waals surface area contributed by atoms with E-state index in [-0.39, 0.29) is 11.4 Å². The van der Waals surface area contributed by atoms with Gasteiger partial charge in [-0.25, -0.2) is 4.21 Å². The topological polar surface area (TPSA) is 95.5 Å². The van der Waals surface area contributed by atoms with Crippen LogP contribution in [0.15, 0.2) is 70.3 Å². The normalized spacial score (nSPS) is 14.9. The molecule has 6 nitrogen and oxygen atoms in total. The maximum absolute atomic E-state index is 12.4. The van der Waals surface area contributed by atoms with Crippen LogP contribution >= 0.6 is 0 Å². The fourth-order valence-corrected chi connectivity index (χ4v) is 3.56. The predicted molar refractivity (Wildman–Crippen MR) is 117 cm³/mol. The van der Waals surface area contributed by atoms with Crippen LogP contribution in [0.1, 0.15) is 44.0 Å². The highest BCUT2D eigenvalue weighted by molar-refractivity contribution is 7.87. The van der Waals surface area contributed by atoms with E-state index in [1.165, 1.54) is 0 Å². The van der Waals surface area contributed by atoms with E-state index in [1.807, 2.05) is 48.5 Å². The lowest BCUT2D eigenvalue weighted by atomic mass is 9.95. The largest absolute Gasteiger partial charge is 0.386 e. The maximum atomic E-state index is 12.4. The molecule has 7 heteroatoms. The summed E-state index contributed by atoms with van der Waals surface area (Å²) in [5.74, 6) is 0. The Morgan fingerprint density at radius 3 is 1.83 bits per heavy atom. The van der Waals surface area contributed by atoms with E-state index in [2.05, 4.69) is 10.0 Å². The predicted octanol–water partition coefficient (Wildman–Crippen LogP) is 3.04. The first-order valence-electron chi connectivity index (χ1n) is 9.26. The fraction of sp³-hybridized carbons (Fsp3) is 0.273. The number of anilines is 2. The Bertz CT molecular complexity index is 1070. The van der Waals surface area contributed by atoms with Crippen molar-refractivity contribution in [2.45, 2.75) is 37.7 Å². The maximum Gasteiger partial charge on any atom is 0.254 e. The van der Waals surface area contributed by atoms with Crippen molar-refractivity contribution in [1.82, 2.24) is 0 Å². The third-order valence-corrected chi connectivity index (χ3v) is 6.08. The Morgan fingerprint density at radius 2 is 1.31 bits per heavy atom. The van der Waals surface area contributed by atoms with Gasteiger partial charge in [0.15, 0.2) is 0 Å². The zero-order valence-electron chi connectivity index (χ0n) is 16.5. The van der Waals surface area contributed by atoms with Crippen molar-refractivity contribution in [1.29, 1.82) is 0 Å². The summed E-state index contributed by atoms with van der Waals surface area (Å²) in [5, 5.41) is 14.0. The molecule has 0 bridgehead atoms. The first kappa shape index (κ1) is 21.0. The minimum Gasteiger partial charge on any atom is -0.386 e. The van der Waals surface area contributed by atoms with Gasteiger partial charge in [-0.1, -0.05) is 60.7 Å². The molecule has 0 heterocycles. The number of aliphatic hydroxyl groups is 1. The van der Waals surface area contributed by atoms with Gasteiger partial charge in [-0.2, -0.15) is 0 Å². The summed E-state index contributed by atoms with van der Waals surface area (Å²) < 4.78 is 14.4. The lowest BCUT2D eigenvalue weighted by Crippen LogP contribution is -2.41. The minimum absolute atomic E-state index is 0.00977. The molecule has 152 valence electrons. The molecule has 3 rings (SSSR count). The Labute approximate surface area is 171 Å². The molecule has 29 heavy (non-hydrogen) atoms. The van der Waals surface area contributed by atoms with Crippen molar-refractivity contribution in [2.75, 3.05) is 10.0 Å². The van der Waals surface area contributed by atoms with Crippen molar-refractivity contribution >= 4 is 22.4 Å². The van der Waals surface area contributed by atoms with Crippen LogP contribution < -0.4 is 20.9 Å². The van der Waals surface area contributed by atoms with Crippen LogP contribution in [0.3, 0.4) is 0 Å². The zero-order valence-corrected chi connectivity index (χ0v) is 17.3. The second kappa shape index (κ2) is 8.31. The molecule has 0 radical (unpaired) electrons. The van der Waals surface area contributed by atoms with Gasteiger partial charge < -0.3 is 10.4 Å². The first-order chi connectivity index (χ1) is 13.7. The molecule has 0 saturated carbocycles. The summed E-state index contributed by atoms with van der Waals surface area (Å²) >= 11 is 0. The van der Waals surface area contributed by atoms with Crippen LogP contribution in [0.25, 0.3) is 0 Å². The van der Waals surface area contributed by atoms with Crippen LogP contribution in [0.2, 0.25) is 0 Å². The standard InChI is InChI=1S/C22H24N2O4S/c1-22(2,3)29(28)24-18-17(20(26)21(18)27)23-16(14-10-6-4-7-11-14)19(25)15-12-8-5-9-13-15/h4-13,16,19,23-25H,1-3H3/t16-,19+,29+/m0/s1. The quantitative estimate of drug-likeness (QED) is 0.519. The molecule has 0 amide bonds. The van der Waals surface area contributed by atoms with Gasteiger partial charge in [0, 0.05) is 0 Å². The smallest absolute Gasteiger partial charge is 0.254 e. The van der Waals surface area contributed by atoms with Crippen LogP contribution in [-0.4, -0.2) is 14.1 Å². The molecule has 0 saturated heterocycles. The van der Waals surface area contributed by atoms with Crippen molar-refractivity contribution < 1.29 is 9.32 Å². The third kappa shape index (κ3) is 4.46. The molecule has 0 spiro atoms. The molecule has 0 fully saturated rings. The van der Waals surface area contributed by atoms with E-state index in [0.717, 1.165) is 5.56 Å². The van der Waals surface area contributed by atoms with Gasteiger partial charge in [0.1, 0.15) is 28.5 Å². The van der Waals surface area contributed by atoms with Gasteiger partial charge in [0.05, 0.1) is 10.8 Å². The summed E-state index contributed by atoms with van der Waals surface area (Å²) in [5.41, 5.74) is 0.0340. The van der Waals surface area contributed by atoms with Crippen molar-refractivity contribution in [3.63, 3.8) is 0 Å². The molecule has 0 aliphatic rings. The highest BCUT2D eigenvalue weighted by Crippen LogP contribution is 2.33. The molecule has 0 aromatic heterocycles. The van der Waals surface area contributed by atoms with Gasteiger partial charge in [0.2, 0.25) is 0 Å². The van der Waals surface area contributed by atoms with E-state index >= 15 is 0 Å². The highest BCUT2D eigenvalue weighted by atomic mass is 32.2. The summed E-state index contributed by atoms with van der Waals surface area (Å²) in [7, 11) is -1.56. The van der Waals surface area contributed by atoms with E-state index < -0.39 is 38.7 Å². The Kier molecular flexibility index (Phi) is 6.00. The number of rotatable bonds is 7. The van der Waals surface area contributed by atoms with E-state index in [4.69, 9.17) is 0 Å². The van der Waals surface area contributed by atoms with Crippen LogP contribution in [0.4, 0.5) is 11.4 Å². The van der Waals surface area contributed by atoms with Crippen LogP contribution in [-0.2, 0) is 11.0 Å². The molecule has 0 aliphatic heterocycles. The lowest BCUT2D eigenvalue weighted by molar-refractivity contribution is 0.155. The van der Waals surface area contributed by atoms with Crippen molar-refractivity contribution in [3.05, 3.63) is 92.2 Å². The summed E-state index contributed by atoms with van der Waals surface area (Å²) in [6.07, 6.45) is -0.969. The van der Waals surface area contributed by atoms with E-state index in [9.17, 15) is 18.9 Å². The summed E-state index contributed by atoms with van der Waals surface area (Å²) in [6, 6.07) is 17.6. The average molecular weight is 413 g/mol. The lowest BCUT2D eigenvalue weighted by Gasteiger charge is -2.28. The SMILES string of the molecule is CC(C)(C)[S@@](=O)Nc1c(N[C@@H](c2ccccc2)[C@H](O)c2ccccc2)c(=O)c1=O.